The molecule has 1 aliphatic heterocycles. The number of anilines is 1. The number of hydrogen-bond acceptors (Lipinski definition) is 4. The van der Waals surface area contributed by atoms with Crippen molar-refractivity contribution in [1.29, 1.82) is 0 Å². The van der Waals surface area contributed by atoms with Crippen molar-refractivity contribution in [3.05, 3.63) is 94.6 Å². The first-order valence-electron chi connectivity index (χ1n) is 11.4. The van der Waals surface area contributed by atoms with Gasteiger partial charge >= 0.3 is 0 Å². The summed E-state index contributed by atoms with van der Waals surface area (Å²) >= 11 is 13.8. The van der Waals surface area contributed by atoms with Gasteiger partial charge in [0.05, 0.1) is 10.7 Å². The third-order valence-electron chi connectivity index (χ3n) is 5.85. The molecule has 1 saturated heterocycles. The monoisotopic (exact) mass is 536 g/mol. The molecule has 5 rings (SSSR count). The minimum Gasteiger partial charge on any atom is -0.361 e. The van der Waals surface area contributed by atoms with Gasteiger partial charge < -0.3 is 10.3 Å². The Morgan fingerprint density at radius 1 is 1.06 bits per heavy atom. The number of rotatable bonds is 7. The van der Waals surface area contributed by atoms with Crippen molar-refractivity contribution in [3.8, 4) is 0 Å². The molecule has 1 unspecified atom stereocenters. The van der Waals surface area contributed by atoms with Crippen LogP contribution in [0.2, 0.25) is 10.0 Å². The molecule has 1 fully saturated rings. The van der Waals surface area contributed by atoms with E-state index in [9.17, 15) is 9.59 Å². The first-order valence-corrected chi connectivity index (χ1v) is 13.0. The van der Waals surface area contributed by atoms with Gasteiger partial charge in [0, 0.05) is 40.8 Å². The lowest BCUT2D eigenvalue weighted by molar-refractivity contribution is -0.128. The summed E-state index contributed by atoms with van der Waals surface area (Å²) in [6.07, 6.45) is 2.57. The lowest BCUT2D eigenvalue weighted by Crippen LogP contribution is -2.35. The zero-order valence-corrected chi connectivity index (χ0v) is 21.4. The SMILES string of the molecule is O=C(CC1SC(=Nc2ccccc2Cl)N(CCc2c[nH]c3ccc(Cl)cc23)C1=O)Nc1ccccc1. The molecule has 2 amide bonds. The Morgan fingerprint density at radius 2 is 1.83 bits per heavy atom. The average Bonchev–Trinajstić information content (AvgIpc) is 3.39. The van der Waals surface area contributed by atoms with Gasteiger partial charge in [0.25, 0.3) is 0 Å². The summed E-state index contributed by atoms with van der Waals surface area (Å²) in [7, 11) is 0. The third-order valence-corrected chi connectivity index (χ3v) is 7.58. The van der Waals surface area contributed by atoms with Gasteiger partial charge in [0.2, 0.25) is 11.8 Å². The lowest BCUT2D eigenvalue weighted by Gasteiger charge is -2.16. The Kier molecular flexibility index (Phi) is 7.32. The van der Waals surface area contributed by atoms with Crippen LogP contribution in [-0.4, -0.2) is 38.7 Å². The van der Waals surface area contributed by atoms with Gasteiger partial charge in [-0.15, -0.1) is 0 Å². The summed E-state index contributed by atoms with van der Waals surface area (Å²) < 4.78 is 0. The highest BCUT2D eigenvalue weighted by atomic mass is 35.5. The van der Waals surface area contributed by atoms with Crippen LogP contribution in [0, 0.1) is 0 Å². The second kappa shape index (κ2) is 10.8. The quantitative estimate of drug-likeness (QED) is 0.276. The van der Waals surface area contributed by atoms with E-state index in [0.717, 1.165) is 16.5 Å². The Morgan fingerprint density at radius 3 is 2.64 bits per heavy atom. The van der Waals surface area contributed by atoms with Gasteiger partial charge in [-0.2, -0.15) is 0 Å². The predicted octanol–water partition coefficient (Wildman–Crippen LogP) is 6.68. The van der Waals surface area contributed by atoms with Crippen molar-refractivity contribution in [2.24, 2.45) is 4.99 Å². The third kappa shape index (κ3) is 5.43. The maximum Gasteiger partial charge on any atom is 0.242 e. The van der Waals surface area contributed by atoms with E-state index >= 15 is 0 Å². The minimum atomic E-state index is -0.577. The zero-order chi connectivity index (χ0) is 25.1. The second-order valence-electron chi connectivity index (χ2n) is 8.31. The number of aromatic nitrogens is 1. The molecule has 1 aliphatic rings. The molecule has 182 valence electrons. The highest BCUT2D eigenvalue weighted by Gasteiger charge is 2.39. The van der Waals surface area contributed by atoms with Crippen LogP contribution in [0.15, 0.2) is 84.0 Å². The van der Waals surface area contributed by atoms with Crippen LogP contribution in [0.1, 0.15) is 12.0 Å². The van der Waals surface area contributed by atoms with E-state index in [1.807, 2.05) is 66.9 Å². The Bertz CT molecular complexity index is 1450. The number of hydrogen-bond donors (Lipinski definition) is 2. The second-order valence-corrected chi connectivity index (χ2v) is 10.3. The van der Waals surface area contributed by atoms with E-state index in [1.54, 1.807) is 17.0 Å². The highest BCUT2D eigenvalue weighted by molar-refractivity contribution is 8.15. The number of fused-ring (bicyclic) bond motifs is 1. The summed E-state index contributed by atoms with van der Waals surface area (Å²) in [5.74, 6) is -0.371. The Hall–Kier alpha value is -3.26. The smallest absolute Gasteiger partial charge is 0.242 e. The molecule has 0 radical (unpaired) electrons. The van der Waals surface area contributed by atoms with Crippen molar-refractivity contribution in [3.63, 3.8) is 0 Å². The van der Waals surface area contributed by atoms with Crippen LogP contribution in [-0.2, 0) is 16.0 Å². The molecule has 1 aromatic heterocycles. The van der Waals surface area contributed by atoms with Crippen LogP contribution in [0.3, 0.4) is 0 Å². The summed E-state index contributed by atoms with van der Waals surface area (Å²) in [6.45, 7) is 0.408. The molecule has 3 aromatic carbocycles. The molecule has 9 heteroatoms. The van der Waals surface area contributed by atoms with Crippen molar-refractivity contribution >= 4 is 74.2 Å². The van der Waals surface area contributed by atoms with E-state index < -0.39 is 5.25 Å². The normalized spacial score (nSPS) is 16.7. The maximum atomic E-state index is 13.4. The van der Waals surface area contributed by atoms with E-state index in [1.165, 1.54) is 11.8 Å². The number of amidine groups is 1. The molecule has 1 atom stereocenters. The standard InChI is InChI=1S/C27H22Cl2N4O2S/c28-18-10-11-22-20(14-18)17(16-30-22)12-13-33-26(35)24(15-25(34)31-19-6-2-1-3-7-19)36-27(33)32-23-9-5-4-8-21(23)29/h1-11,14,16,24,30H,12-13,15H2,(H,31,34). The molecule has 36 heavy (non-hydrogen) atoms. The number of nitrogens with one attached hydrogen (secondary N) is 2. The average molecular weight is 537 g/mol. The first kappa shape index (κ1) is 24.4. The number of halogens is 2. The van der Waals surface area contributed by atoms with Gasteiger partial charge in [-0.05, 0) is 54.4 Å². The van der Waals surface area contributed by atoms with Crippen LogP contribution >= 0.6 is 35.0 Å². The van der Waals surface area contributed by atoms with E-state index in [0.29, 0.717) is 39.6 Å². The van der Waals surface area contributed by atoms with E-state index in [-0.39, 0.29) is 18.2 Å². The van der Waals surface area contributed by atoms with E-state index in [2.05, 4.69) is 10.3 Å². The van der Waals surface area contributed by atoms with Gasteiger partial charge in [0.1, 0.15) is 5.25 Å². The summed E-state index contributed by atoms with van der Waals surface area (Å²) in [4.78, 5) is 35.7. The van der Waals surface area contributed by atoms with Crippen molar-refractivity contribution < 1.29 is 9.59 Å². The van der Waals surface area contributed by atoms with Crippen molar-refractivity contribution in [2.75, 3.05) is 11.9 Å². The van der Waals surface area contributed by atoms with E-state index in [4.69, 9.17) is 28.2 Å². The maximum absolute atomic E-state index is 13.4. The molecule has 0 saturated carbocycles. The topological polar surface area (TPSA) is 77.6 Å². The van der Waals surface area contributed by atoms with Crippen LogP contribution < -0.4 is 5.32 Å². The predicted molar refractivity (Wildman–Crippen MR) is 148 cm³/mol. The first-order chi connectivity index (χ1) is 17.5. The molecule has 4 aromatic rings. The molecule has 2 N–H and O–H groups in total. The number of carbonyl (C=O) groups excluding carboxylic acids is 2. The number of aliphatic imine (C=N–C) groups is 1. The molecule has 2 heterocycles. The van der Waals surface area contributed by atoms with Crippen LogP contribution in [0.4, 0.5) is 11.4 Å². The number of carbonyl (C=O) groups is 2. The molecule has 6 nitrogen and oxygen atoms in total. The summed E-state index contributed by atoms with van der Waals surface area (Å²) in [5.41, 5.74) is 3.30. The van der Waals surface area contributed by atoms with Gasteiger partial charge in [0.15, 0.2) is 5.17 Å². The molecular formula is C27H22Cl2N4O2S. The molecule has 0 aliphatic carbocycles. The number of amides is 2. The van der Waals surface area contributed by atoms with Gasteiger partial charge in [-0.3, -0.25) is 14.5 Å². The fourth-order valence-electron chi connectivity index (χ4n) is 4.07. The number of para-hydroxylation sites is 2. The molecule has 0 spiro atoms. The zero-order valence-electron chi connectivity index (χ0n) is 19.1. The summed E-state index contributed by atoms with van der Waals surface area (Å²) in [6, 6.07) is 22.1. The number of nitrogens with zero attached hydrogens (tertiary/aromatic N) is 2. The fourth-order valence-corrected chi connectivity index (χ4v) is 5.59. The fraction of sp³-hybridized carbons (Fsp3) is 0.148. The molecule has 0 bridgehead atoms. The number of H-pyrrole nitrogens is 1. The van der Waals surface area contributed by atoms with Gasteiger partial charge in [-0.25, -0.2) is 4.99 Å². The number of aromatic amines is 1. The Balaban J connectivity index is 1.37. The van der Waals surface area contributed by atoms with Crippen LogP contribution in [0.25, 0.3) is 10.9 Å². The van der Waals surface area contributed by atoms with Crippen molar-refractivity contribution in [1.82, 2.24) is 9.88 Å². The van der Waals surface area contributed by atoms with Crippen LogP contribution in [0.5, 0.6) is 0 Å². The highest BCUT2D eigenvalue weighted by Crippen LogP contribution is 2.34. The lowest BCUT2D eigenvalue weighted by atomic mass is 10.1. The van der Waals surface area contributed by atoms with Gasteiger partial charge in [-0.1, -0.05) is 65.3 Å². The number of thioether (sulfide) groups is 1. The molecular weight excluding hydrogens is 515 g/mol. The number of benzene rings is 3. The van der Waals surface area contributed by atoms with Crippen molar-refractivity contribution in [2.45, 2.75) is 18.1 Å². The minimum absolute atomic E-state index is 0.0408. The Labute approximate surface area is 222 Å². The largest absolute Gasteiger partial charge is 0.361 e. The summed E-state index contributed by atoms with van der Waals surface area (Å²) in [5, 5.41) is 4.98.